The number of carbonyl (C=O) groups excluding carboxylic acids is 1. The number of pyridine rings is 1. The third kappa shape index (κ3) is 4.79. The molecule has 0 aliphatic carbocycles. The van der Waals surface area contributed by atoms with Gasteiger partial charge in [0.05, 0.1) is 5.69 Å². The summed E-state index contributed by atoms with van der Waals surface area (Å²) >= 11 is 5.80. The Balaban J connectivity index is 1.48. The monoisotopic (exact) mass is 415 g/mol. The maximum Gasteiger partial charge on any atom is 0.255 e. The number of rotatable bonds is 6. The van der Waals surface area contributed by atoms with Crippen molar-refractivity contribution in [2.45, 2.75) is 5.88 Å². The molecule has 7 heteroatoms. The van der Waals surface area contributed by atoms with Crippen LogP contribution in [0.1, 0.15) is 15.9 Å². The minimum Gasteiger partial charge on any atom is -0.324 e. The van der Waals surface area contributed by atoms with E-state index in [1.54, 1.807) is 30.7 Å². The number of alkyl halides is 1. The van der Waals surface area contributed by atoms with Crippen LogP contribution in [0.2, 0.25) is 0 Å². The number of nitrogens with one attached hydrogen (secondary N) is 2. The molecule has 0 saturated heterocycles. The summed E-state index contributed by atoms with van der Waals surface area (Å²) < 4.78 is 0. The summed E-state index contributed by atoms with van der Waals surface area (Å²) in [6, 6.07) is 20.2. The fraction of sp³-hybridized carbons (Fsp3) is 0.0435. The van der Waals surface area contributed by atoms with E-state index in [2.05, 4.69) is 25.6 Å². The summed E-state index contributed by atoms with van der Waals surface area (Å²) in [5.41, 5.74) is 4.63. The average molecular weight is 416 g/mol. The molecule has 4 aromatic rings. The Bertz CT molecular complexity index is 1150. The Morgan fingerprint density at radius 3 is 2.53 bits per heavy atom. The molecule has 30 heavy (non-hydrogen) atoms. The molecule has 0 aliphatic heterocycles. The van der Waals surface area contributed by atoms with E-state index in [1.165, 1.54) is 0 Å². The minimum atomic E-state index is -0.192. The lowest BCUT2D eigenvalue weighted by Crippen LogP contribution is -2.12. The van der Waals surface area contributed by atoms with E-state index in [-0.39, 0.29) is 5.91 Å². The Morgan fingerprint density at radius 1 is 0.933 bits per heavy atom. The lowest BCUT2D eigenvalue weighted by atomic mass is 10.1. The van der Waals surface area contributed by atoms with Crippen molar-refractivity contribution in [2.24, 2.45) is 0 Å². The van der Waals surface area contributed by atoms with Gasteiger partial charge in [0, 0.05) is 47.0 Å². The van der Waals surface area contributed by atoms with Crippen LogP contribution < -0.4 is 10.6 Å². The minimum absolute atomic E-state index is 0.192. The Morgan fingerprint density at radius 2 is 1.77 bits per heavy atom. The Labute approximate surface area is 179 Å². The maximum atomic E-state index is 12.5. The zero-order valence-corrected chi connectivity index (χ0v) is 16.7. The van der Waals surface area contributed by atoms with Crippen molar-refractivity contribution in [3.63, 3.8) is 0 Å². The van der Waals surface area contributed by atoms with E-state index >= 15 is 0 Å². The van der Waals surface area contributed by atoms with Gasteiger partial charge in [0.25, 0.3) is 5.91 Å². The molecule has 0 saturated carbocycles. The van der Waals surface area contributed by atoms with E-state index in [9.17, 15) is 4.79 Å². The number of aromatic nitrogens is 3. The van der Waals surface area contributed by atoms with Gasteiger partial charge in [0.15, 0.2) is 0 Å². The van der Waals surface area contributed by atoms with E-state index in [0.717, 1.165) is 22.5 Å². The fourth-order valence-corrected chi connectivity index (χ4v) is 3.02. The Kier molecular flexibility index (Phi) is 5.96. The van der Waals surface area contributed by atoms with Crippen molar-refractivity contribution in [3.8, 4) is 11.3 Å². The topological polar surface area (TPSA) is 79.8 Å². The number of benzene rings is 2. The molecule has 2 N–H and O–H groups in total. The molecule has 2 aromatic carbocycles. The van der Waals surface area contributed by atoms with E-state index in [1.807, 2.05) is 54.6 Å². The largest absolute Gasteiger partial charge is 0.324 e. The second-order valence-electron chi connectivity index (χ2n) is 6.50. The van der Waals surface area contributed by atoms with Crippen LogP contribution in [0, 0.1) is 0 Å². The molecule has 0 aliphatic rings. The van der Waals surface area contributed by atoms with Crippen molar-refractivity contribution in [3.05, 3.63) is 96.4 Å². The maximum absolute atomic E-state index is 12.5. The first-order chi connectivity index (χ1) is 14.7. The number of nitrogens with zero attached hydrogens (tertiary/aromatic N) is 3. The van der Waals surface area contributed by atoms with Gasteiger partial charge in [-0.2, -0.15) is 0 Å². The molecule has 6 nitrogen and oxygen atoms in total. The molecule has 4 rings (SSSR count). The van der Waals surface area contributed by atoms with Crippen LogP contribution in [0.3, 0.4) is 0 Å². The standard InChI is InChI=1S/C23H18ClN5O/c24-14-16-6-8-17(9-7-16)22(30)27-19-4-1-5-20(13-19)28-23-26-12-10-21(29-23)18-3-2-11-25-15-18/h1-13,15H,14H2,(H,27,30)(H,26,28,29). The van der Waals surface area contributed by atoms with Crippen molar-refractivity contribution in [1.82, 2.24) is 15.0 Å². The van der Waals surface area contributed by atoms with Gasteiger partial charge in [-0.05, 0) is 54.1 Å². The number of anilines is 3. The number of hydrogen-bond donors (Lipinski definition) is 2. The van der Waals surface area contributed by atoms with Crippen LogP contribution in [0.4, 0.5) is 17.3 Å². The second-order valence-corrected chi connectivity index (χ2v) is 6.76. The lowest BCUT2D eigenvalue weighted by Gasteiger charge is -2.10. The van der Waals surface area contributed by atoms with Gasteiger partial charge in [-0.1, -0.05) is 18.2 Å². The second kappa shape index (κ2) is 9.15. The van der Waals surface area contributed by atoms with Crippen LogP contribution in [-0.4, -0.2) is 20.9 Å². The summed E-state index contributed by atoms with van der Waals surface area (Å²) in [7, 11) is 0. The van der Waals surface area contributed by atoms with Crippen molar-refractivity contribution in [1.29, 1.82) is 0 Å². The molecular formula is C23H18ClN5O. The highest BCUT2D eigenvalue weighted by molar-refractivity contribution is 6.17. The van der Waals surface area contributed by atoms with E-state index in [0.29, 0.717) is 23.1 Å². The van der Waals surface area contributed by atoms with E-state index in [4.69, 9.17) is 11.6 Å². The number of hydrogen-bond acceptors (Lipinski definition) is 5. The van der Waals surface area contributed by atoms with Gasteiger partial charge in [-0.3, -0.25) is 9.78 Å². The molecule has 0 radical (unpaired) electrons. The van der Waals surface area contributed by atoms with Gasteiger partial charge in [0.2, 0.25) is 5.95 Å². The van der Waals surface area contributed by atoms with Crippen LogP contribution in [0.15, 0.2) is 85.3 Å². The smallest absolute Gasteiger partial charge is 0.255 e. The first-order valence-electron chi connectivity index (χ1n) is 9.28. The molecule has 0 spiro atoms. The number of carbonyl (C=O) groups is 1. The summed E-state index contributed by atoms with van der Waals surface area (Å²) in [5.74, 6) is 0.680. The normalized spacial score (nSPS) is 10.4. The van der Waals surface area contributed by atoms with Crippen LogP contribution in [-0.2, 0) is 5.88 Å². The average Bonchev–Trinajstić information content (AvgIpc) is 2.80. The molecule has 0 unspecified atom stereocenters. The van der Waals surface area contributed by atoms with Gasteiger partial charge < -0.3 is 10.6 Å². The highest BCUT2D eigenvalue weighted by Gasteiger charge is 2.08. The molecule has 0 bridgehead atoms. The first-order valence-corrected chi connectivity index (χ1v) is 9.81. The van der Waals surface area contributed by atoms with Crippen molar-refractivity contribution >= 4 is 34.8 Å². The number of halogens is 1. The lowest BCUT2D eigenvalue weighted by molar-refractivity contribution is 0.102. The van der Waals surface area contributed by atoms with Gasteiger partial charge in [-0.15, -0.1) is 11.6 Å². The van der Waals surface area contributed by atoms with E-state index < -0.39 is 0 Å². The third-order valence-electron chi connectivity index (χ3n) is 4.36. The van der Waals surface area contributed by atoms with Crippen LogP contribution in [0.5, 0.6) is 0 Å². The van der Waals surface area contributed by atoms with Crippen LogP contribution >= 0.6 is 11.6 Å². The SMILES string of the molecule is O=C(Nc1cccc(Nc2nccc(-c3cccnc3)n2)c1)c1ccc(CCl)cc1. The molecule has 2 aromatic heterocycles. The Hall–Kier alpha value is -3.77. The first kappa shape index (κ1) is 19.5. The fourth-order valence-electron chi connectivity index (χ4n) is 2.85. The summed E-state index contributed by atoms with van der Waals surface area (Å²) in [6.07, 6.45) is 5.16. The highest BCUT2D eigenvalue weighted by Crippen LogP contribution is 2.21. The van der Waals surface area contributed by atoms with Crippen LogP contribution in [0.25, 0.3) is 11.3 Å². The molecular weight excluding hydrogens is 398 g/mol. The molecule has 1 amide bonds. The molecule has 0 fully saturated rings. The number of amides is 1. The zero-order valence-electron chi connectivity index (χ0n) is 15.9. The summed E-state index contributed by atoms with van der Waals surface area (Å²) in [5, 5.41) is 6.07. The summed E-state index contributed by atoms with van der Waals surface area (Å²) in [6.45, 7) is 0. The van der Waals surface area contributed by atoms with Crippen molar-refractivity contribution in [2.75, 3.05) is 10.6 Å². The van der Waals surface area contributed by atoms with Gasteiger partial charge >= 0.3 is 0 Å². The predicted octanol–water partition coefficient (Wildman–Crippen LogP) is 5.27. The molecule has 148 valence electrons. The summed E-state index contributed by atoms with van der Waals surface area (Å²) in [4.78, 5) is 25.4. The molecule has 0 atom stereocenters. The third-order valence-corrected chi connectivity index (χ3v) is 4.67. The van der Waals surface area contributed by atoms with Crippen molar-refractivity contribution < 1.29 is 4.79 Å². The highest BCUT2D eigenvalue weighted by atomic mass is 35.5. The van der Waals surface area contributed by atoms with Gasteiger partial charge in [-0.25, -0.2) is 9.97 Å². The predicted molar refractivity (Wildman–Crippen MR) is 119 cm³/mol. The molecule has 2 heterocycles. The zero-order chi connectivity index (χ0) is 20.8. The van der Waals surface area contributed by atoms with Gasteiger partial charge in [0.1, 0.15) is 0 Å². The quantitative estimate of drug-likeness (QED) is 0.419.